The molecule has 1 heterocycles. The highest BCUT2D eigenvalue weighted by Gasteiger charge is 2.55. The normalized spacial score (nSPS) is 23.4. The van der Waals surface area contributed by atoms with Crippen LogP contribution in [0.1, 0.15) is 55.3 Å². The Morgan fingerprint density at radius 3 is 2.32 bits per heavy atom. The average Bonchev–Trinajstić information content (AvgIpc) is 3.29. The lowest BCUT2D eigenvalue weighted by Gasteiger charge is -2.55. The molecule has 2 aromatic carbocycles. The summed E-state index contributed by atoms with van der Waals surface area (Å²) in [5, 5.41) is 8.91. The number of sulfonamides is 1. The third kappa shape index (κ3) is 5.55. The molecule has 0 radical (unpaired) electrons. The lowest BCUT2D eigenvalue weighted by Crippen LogP contribution is -2.53. The first-order chi connectivity index (χ1) is 19.1. The molecule has 220 valence electrons. The van der Waals surface area contributed by atoms with Crippen LogP contribution in [0.2, 0.25) is 5.02 Å². The van der Waals surface area contributed by atoms with Crippen molar-refractivity contribution in [2.45, 2.75) is 63.6 Å². The van der Waals surface area contributed by atoms with Crippen molar-refractivity contribution in [1.82, 2.24) is 15.0 Å². The summed E-state index contributed by atoms with van der Waals surface area (Å²) in [6.45, 7) is 1.75. The van der Waals surface area contributed by atoms with Crippen molar-refractivity contribution >= 4 is 33.2 Å². The van der Waals surface area contributed by atoms with E-state index >= 15 is 0 Å². The average molecular weight is 610 g/mol. The molecule has 1 atom stereocenters. The number of carbonyl (C=O) groups excluding carboxylic acids is 1. The van der Waals surface area contributed by atoms with Crippen LogP contribution in [0.5, 0.6) is 0 Å². The number of hydrogen-bond acceptors (Lipinski definition) is 5. The van der Waals surface area contributed by atoms with Gasteiger partial charge >= 0.3 is 6.18 Å². The summed E-state index contributed by atoms with van der Waals surface area (Å²) in [5.74, 6) is -0.908. The van der Waals surface area contributed by atoms with Gasteiger partial charge in [-0.1, -0.05) is 41.1 Å². The van der Waals surface area contributed by atoms with Crippen LogP contribution in [0.4, 0.5) is 18.9 Å². The zero-order chi connectivity index (χ0) is 29.8. The molecule has 0 spiro atoms. The molecule has 41 heavy (non-hydrogen) atoms. The number of aromatic nitrogens is 3. The topological polar surface area (TPSA) is 120 Å². The molecule has 3 N–H and O–H groups in total. The second kappa shape index (κ2) is 10.3. The minimum Gasteiger partial charge on any atom is -0.369 e. The van der Waals surface area contributed by atoms with E-state index in [9.17, 15) is 26.4 Å². The van der Waals surface area contributed by atoms with Crippen LogP contribution in [0.3, 0.4) is 0 Å². The van der Waals surface area contributed by atoms with Gasteiger partial charge in [-0.3, -0.25) is 9.52 Å². The van der Waals surface area contributed by atoms with Gasteiger partial charge < -0.3 is 5.73 Å². The first-order valence-electron chi connectivity index (χ1n) is 13.3. The van der Waals surface area contributed by atoms with Crippen molar-refractivity contribution in [1.29, 1.82) is 0 Å². The third-order valence-corrected chi connectivity index (χ3v) is 9.92. The number of rotatable bonds is 8. The summed E-state index contributed by atoms with van der Waals surface area (Å²) in [6, 6.07) is 10.2. The molecule has 13 heteroatoms. The first-order valence-corrected chi connectivity index (χ1v) is 15.6. The Morgan fingerprint density at radius 1 is 1.12 bits per heavy atom. The predicted octanol–water partition coefficient (Wildman–Crippen LogP) is 5.69. The number of nitrogens with one attached hydrogen (secondary N) is 1. The number of anilines is 1. The zero-order valence-corrected chi connectivity index (χ0v) is 24.2. The second-order valence-electron chi connectivity index (χ2n) is 11.4. The molecule has 3 aliphatic rings. The number of amides is 1. The molecule has 6 rings (SSSR count). The fourth-order valence-electron chi connectivity index (χ4n) is 6.83. The number of nitrogens with two attached hydrogens (primary N) is 1. The Balaban J connectivity index is 1.38. The van der Waals surface area contributed by atoms with Crippen molar-refractivity contribution in [3.8, 4) is 11.3 Å². The molecule has 1 aromatic heterocycles. The van der Waals surface area contributed by atoms with Crippen LogP contribution >= 0.6 is 11.6 Å². The van der Waals surface area contributed by atoms with Crippen LogP contribution in [0, 0.1) is 18.3 Å². The van der Waals surface area contributed by atoms with Gasteiger partial charge in [0.2, 0.25) is 15.9 Å². The number of halogens is 4. The van der Waals surface area contributed by atoms with Crippen LogP contribution in [0.15, 0.2) is 42.5 Å². The minimum atomic E-state index is -4.52. The van der Waals surface area contributed by atoms with Gasteiger partial charge in [-0.2, -0.15) is 13.2 Å². The molecule has 8 nitrogen and oxygen atoms in total. The highest BCUT2D eigenvalue weighted by Crippen LogP contribution is 2.59. The summed E-state index contributed by atoms with van der Waals surface area (Å²) in [7, 11) is -3.47. The maximum atomic E-state index is 13.7. The van der Waals surface area contributed by atoms with E-state index in [1.54, 1.807) is 29.8 Å². The first kappa shape index (κ1) is 29.4. The lowest BCUT2D eigenvalue weighted by molar-refractivity contribution is -0.137. The van der Waals surface area contributed by atoms with E-state index in [2.05, 4.69) is 15.0 Å². The predicted molar refractivity (Wildman–Crippen MR) is 150 cm³/mol. The summed E-state index contributed by atoms with van der Waals surface area (Å²) >= 11 is 6.48. The second-order valence-corrected chi connectivity index (χ2v) is 13.6. The Kier molecular flexibility index (Phi) is 7.38. The number of alkyl halides is 3. The fraction of sp³-hybridized carbons (Fsp3) is 0.464. The molecule has 1 unspecified atom stereocenters. The molecule has 3 aliphatic carbocycles. The standard InChI is InChI=1S/C28H31ClF3N5O3S/c1-17-24(20-5-3-4-6-21(20)28(30,31)32)34-36-37(17)27-12-9-26(10-13-27,11-14-27)22(25(33)38)15-18-7-8-19(16-23(18)29)35-41(2,39)40/h3-8,16,22,35H,9-15H2,1-2H3,(H2,33,38). The molecular formula is C28H31ClF3N5O3S. The highest BCUT2D eigenvalue weighted by atomic mass is 35.5. The van der Waals surface area contributed by atoms with Gasteiger partial charge in [0.25, 0.3) is 0 Å². The van der Waals surface area contributed by atoms with Crippen molar-refractivity contribution < 1.29 is 26.4 Å². The van der Waals surface area contributed by atoms with E-state index in [-0.39, 0.29) is 16.7 Å². The summed E-state index contributed by atoms with van der Waals surface area (Å²) < 4.78 is 68.4. The summed E-state index contributed by atoms with van der Waals surface area (Å²) in [5.41, 5.74) is 6.28. The van der Waals surface area contributed by atoms with Crippen molar-refractivity contribution in [2.75, 3.05) is 11.0 Å². The number of fused-ring (bicyclic) bond motifs is 3. The van der Waals surface area contributed by atoms with Gasteiger partial charge in [0.1, 0.15) is 5.69 Å². The van der Waals surface area contributed by atoms with E-state index in [4.69, 9.17) is 17.3 Å². The zero-order valence-electron chi connectivity index (χ0n) is 22.6. The van der Waals surface area contributed by atoms with Crippen molar-refractivity contribution in [3.05, 3.63) is 64.3 Å². The molecule has 3 fully saturated rings. The van der Waals surface area contributed by atoms with Crippen LogP contribution in [-0.4, -0.2) is 35.6 Å². The smallest absolute Gasteiger partial charge is 0.369 e. The number of benzene rings is 2. The molecule has 0 aliphatic heterocycles. The summed E-state index contributed by atoms with van der Waals surface area (Å²) in [4.78, 5) is 12.8. The molecule has 1 amide bonds. The molecular weight excluding hydrogens is 579 g/mol. The monoisotopic (exact) mass is 609 g/mol. The SMILES string of the molecule is Cc1c(-c2ccccc2C(F)(F)F)nnn1C12CCC(C(Cc3ccc(NS(C)(=O)=O)cc3Cl)C(N)=O)(CC1)CC2. The Hall–Kier alpha value is -3.12. The maximum absolute atomic E-state index is 13.7. The Bertz CT molecular complexity index is 1580. The maximum Gasteiger partial charge on any atom is 0.417 e. The van der Waals surface area contributed by atoms with E-state index < -0.39 is 39.1 Å². The summed E-state index contributed by atoms with van der Waals surface area (Å²) in [6.07, 6.45) is 0.995. The van der Waals surface area contributed by atoms with E-state index in [1.165, 1.54) is 18.2 Å². The lowest BCUT2D eigenvalue weighted by atomic mass is 9.52. The van der Waals surface area contributed by atoms with Gasteiger partial charge in [0.05, 0.1) is 23.1 Å². The van der Waals surface area contributed by atoms with Gasteiger partial charge in [-0.15, -0.1) is 5.10 Å². The quantitative estimate of drug-likeness (QED) is 0.340. The van der Waals surface area contributed by atoms with Crippen molar-refractivity contribution in [3.63, 3.8) is 0 Å². The van der Waals surface area contributed by atoms with Crippen LogP contribution < -0.4 is 10.5 Å². The van der Waals surface area contributed by atoms with E-state index in [1.807, 2.05) is 0 Å². The molecule has 0 saturated heterocycles. The number of primary amides is 1. The van der Waals surface area contributed by atoms with Crippen molar-refractivity contribution in [2.24, 2.45) is 17.1 Å². The third-order valence-electron chi connectivity index (χ3n) is 8.96. The van der Waals surface area contributed by atoms with E-state index in [0.717, 1.165) is 12.3 Å². The van der Waals surface area contributed by atoms with Crippen LogP contribution in [0.25, 0.3) is 11.3 Å². The number of hydrogen-bond donors (Lipinski definition) is 2. The van der Waals surface area contributed by atoms with Gasteiger partial charge in [-0.25, -0.2) is 13.1 Å². The molecule has 3 aromatic rings. The minimum absolute atomic E-state index is 0.00421. The van der Waals surface area contributed by atoms with Gasteiger partial charge in [0.15, 0.2) is 0 Å². The number of nitrogens with zero attached hydrogens (tertiary/aromatic N) is 3. The van der Waals surface area contributed by atoms with E-state index in [0.29, 0.717) is 66.9 Å². The van der Waals surface area contributed by atoms with Gasteiger partial charge in [0, 0.05) is 22.2 Å². The Morgan fingerprint density at radius 2 is 1.76 bits per heavy atom. The Labute approximate surface area is 241 Å². The molecule has 2 bridgehead atoms. The number of carbonyl (C=O) groups is 1. The highest BCUT2D eigenvalue weighted by molar-refractivity contribution is 7.92. The largest absolute Gasteiger partial charge is 0.417 e. The van der Waals surface area contributed by atoms with Gasteiger partial charge in [-0.05, 0) is 81.0 Å². The fourth-order valence-corrected chi connectivity index (χ4v) is 7.64. The molecule has 3 saturated carbocycles. The van der Waals surface area contributed by atoms with Crippen LogP contribution in [-0.2, 0) is 33.0 Å².